The zero-order chi connectivity index (χ0) is 4.99. The second-order valence-corrected chi connectivity index (χ2v) is 0.997. The maximum atomic E-state index is 9.56. The molecule has 0 aliphatic heterocycles. The topological polar surface area (TPSA) is 37.3 Å². The predicted molar refractivity (Wildman–Crippen MR) is 22.2 cm³/mol. The van der Waals surface area contributed by atoms with E-state index in [1.54, 1.807) is 0 Å². The fraction of sp³-hybridized carbons (Fsp3) is 0.500. The number of hydrogen-bond acceptors (Lipinski definition) is 1. The molecule has 34 valence electrons. The molecule has 0 atom stereocenters. The van der Waals surface area contributed by atoms with Gasteiger partial charge in [-0.1, -0.05) is 0 Å². The number of aliphatic carboxylic acids is 1. The van der Waals surface area contributed by atoms with Crippen LogP contribution in [0.1, 0.15) is 12.8 Å². The molecule has 0 heterocycles. The van der Waals surface area contributed by atoms with Gasteiger partial charge in [-0.2, -0.15) is 0 Å². The zero-order valence-corrected chi connectivity index (χ0v) is 3.48. The molecule has 6 heavy (non-hydrogen) atoms. The average Bonchev–Trinajstić information content (AvgIpc) is 1.35. The van der Waals surface area contributed by atoms with E-state index in [1.807, 2.05) is 0 Å². The van der Waals surface area contributed by atoms with Crippen molar-refractivity contribution in [2.24, 2.45) is 0 Å². The standard InChI is InChI=1S/C4H6O2/c1-2-3-4(5)6/h1-3H2/p+1. The first kappa shape index (κ1) is 5.34. The van der Waals surface area contributed by atoms with Gasteiger partial charge in [0.25, 0.3) is 0 Å². The van der Waals surface area contributed by atoms with Crippen molar-refractivity contribution >= 4 is 5.97 Å². The molecule has 0 radical (unpaired) electrons. The van der Waals surface area contributed by atoms with Crippen molar-refractivity contribution in [1.29, 1.82) is 0 Å². The van der Waals surface area contributed by atoms with E-state index < -0.39 is 5.97 Å². The van der Waals surface area contributed by atoms with Crippen molar-refractivity contribution in [3.63, 3.8) is 0 Å². The number of hydrogen-bond donors (Lipinski definition) is 1. The fourth-order valence-electron chi connectivity index (χ4n) is 0.151. The zero-order valence-electron chi connectivity index (χ0n) is 3.48. The van der Waals surface area contributed by atoms with E-state index >= 15 is 0 Å². The Hall–Kier alpha value is -0.660. The molecule has 1 N–H and O–H groups in total. The summed E-state index contributed by atoms with van der Waals surface area (Å²) in [5.41, 5.74) is 0. The van der Waals surface area contributed by atoms with Gasteiger partial charge < -0.3 is 5.11 Å². The van der Waals surface area contributed by atoms with Crippen LogP contribution in [0.25, 0.3) is 0 Å². The predicted octanol–water partition coefficient (Wildman–Crippen LogP) is 0.685. The van der Waals surface area contributed by atoms with Gasteiger partial charge in [0.1, 0.15) is 0 Å². The van der Waals surface area contributed by atoms with Crippen molar-refractivity contribution in [2.75, 3.05) is 0 Å². The van der Waals surface area contributed by atoms with Gasteiger partial charge in [-0.3, -0.25) is 4.79 Å². The molecular formula is C4H7O2+. The maximum absolute atomic E-state index is 9.56. The van der Waals surface area contributed by atoms with Crippen LogP contribution in [0.5, 0.6) is 0 Å². The van der Waals surface area contributed by atoms with E-state index in [2.05, 4.69) is 6.92 Å². The molecule has 0 unspecified atom stereocenters. The highest BCUT2D eigenvalue weighted by Gasteiger charge is 1.92. The van der Waals surface area contributed by atoms with Crippen molar-refractivity contribution in [3.05, 3.63) is 6.92 Å². The maximum Gasteiger partial charge on any atom is 0.307 e. The van der Waals surface area contributed by atoms with Gasteiger partial charge in [0, 0.05) is 0 Å². The van der Waals surface area contributed by atoms with Crippen LogP contribution in [-0.2, 0) is 4.79 Å². The van der Waals surface area contributed by atoms with Crippen LogP contribution < -0.4 is 0 Å². The van der Waals surface area contributed by atoms with Gasteiger partial charge in [0.15, 0.2) is 0 Å². The second-order valence-electron chi connectivity index (χ2n) is 0.997. The number of carboxylic acid groups (broad SMARTS) is 1. The Morgan fingerprint density at radius 2 is 2.33 bits per heavy atom. The van der Waals surface area contributed by atoms with Gasteiger partial charge in [0.2, 0.25) is 0 Å². The Morgan fingerprint density at radius 1 is 1.83 bits per heavy atom. The molecule has 0 aromatic heterocycles. The van der Waals surface area contributed by atoms with E-state index in [0.29, 0.717) is 6.42 Å². The summed E-state index contributed by atoms with van der Waals surface area (Å²) >= 11 is 0. The van der Waals surface area contributed by atoms with Crippen molar-refractivity contribution in [1.82, 2.24) is 0 Å². The Kier molecular flexibility index (Phi) is 2.29. The summed E-state index contributed by atoms with van der Waals surface area (Å²) in [7, 11) is 0. The van der Waals surface area contributed by atoms with Gasteiger partial charge in [0.05, 0.1) is 19.8 Å². The van der Waals surface area contributed by atoms with E-state index in [1.165, 1.54) is 0 Å². The van der Waals surface area contributed by atoms with Gasteiger partial charge in [-0.05, 0) is 0 Å². The molecule has 0 aliphatic carbocycles. The molecule has 0 saturated heterocycles. The summed E-state index contributed by atoms with van der Waals surface area (Å²) in [5.74, 6) is -0.773. The third-order valence-corrected chi connectivity index (χ3v) is 0.391. The fourth-order valence-corrected chi connectivity index (χ4v) is 0.151. The van der Waals surface area contributed by atoms with Crippen molar-refractivity contribution in [2.45, 2.75) is 12.8 Å². The van der Waals surface area contributed by atoms with Crippen molar-refractivity contribution in [3.8, 4) is 0 Å². The molecule has 0 aromatic rings. The lowest BCUT2D eigenvalue weighted by Gasteiger charge is -1.75. The first-order valence-electron chi connectivity index (χ1n) is 1.78. The lowest BCUT2D eigenvalue weighted by Crippen LogP contribution is -1.90. The van der Waals surface area contributed by atoms with Gasteiger partial charge >= 0.3 is 5.97 Å². The molecular weight excluding hydrogens is 80.0 g/mol. The summed E-state index contributed by atoms with van der Waals surface area (Å²) < 4.78 is 0. The van der Waals surface area contributed by atoms with Gasteiger partial charge in [-0.15, -0.1) is 0 Å². The quantitative estimate of drug-likeness (QED) is 0.503. The average molecular weight is 87.1 g/mol. The first-order valence-corrected chi connectivity index (χ1v) is 1.78. The monoisotopic (exact) mass is 87.0 g/mol. The molecule has 0 spiro atoms. The van der Waals surface area contributed by atoms with Crippen LogP contribution in [0, 0.1) is 6.92 Å². The molecule has 0 bridgehead atoms. The molecule has 0 amide bonds. The molecule has 0 aromatic carbocycles. The first-order chi connectivity index (χ1) is 2.77. The molecule has 2 heteroatoms. The smallest absolute Gasteiger partial charge is 0.307 e. The largest absolute Gasteiger partial charge is 0.481 e. The third kappa shape index (κ3) is 3.34. The van der Waals surface area contributed by atoms with Crippen LogP contribution >= 0.6 is 0 Å². The molecule has 0 saturated carbocycles. The third-order valence-electron chi connectivity index (χ3n) is 0.391. The van der Waals surface area contributed by atoms with Crippen LogP contribution in [-0.4, -0.2) is 11.1 Å². The summed E-state index contributed by atoms with van der Waals surface area (Å²) in [5, 5.41) is 7.87. The van der Waals surface area contributed by atoms with Crippen LogP contribution in [0.4, 0.5) is 0 Å². The highest BCUT2D eigenvalue weighted by Crippen LogP contribution is 1.81. The Balaban J connectivity index is 2.83. The minimum atomic E-state index is -0.773. The normalized spacial score (nSPS) is 8.00. The number of rotatable bonds is 2. The van der Waals surface area contributed by atoms with E-state index in [0.717, 1.165) is 0 Å². The number of carbonyl (C=O) groups is 1. The Labute approximate surface area is 36.8 Å². The second kappa shape index (κ2) is 2.57. The SMILES string of the molecule is [CH2+]CCC(=O)O. The van der Waals surface area contributed by atoms with Crippen LogP contribution in [0.15, 0.2) is 0 Å². The van der Waals surface area contributed by atoms with E-state index in [9.17, 15) is 4.79 Å². The lowest BCUT2D eigenvalue weighted by molar-refractivity contribution is -0.136. The summed E-state index contributed by atoms with van der Waals surface area (Å²) in [6, 6.07) is 0. The minimum Gasteiger partial charge on any atom is -0.481 e. The van der Waals surface area contributed by atoms with Crippen LogP contribution in [0.3, 0.4) is 0 Å². The summed E-state index contributed by atoms with van der Waals surface area (Å²) in [6.45, 7) is 3.34. The molecule has 0 rings (SSSR count). The van der Waals surface area contributed by atoms with Crippen molar-refractivity contribution < 1.29 is 9.90 Å². The molecule has 0 aliphatic rings. The number of carboxylic acids is 1. The molecule has 0 fully saturated rings. The van der Waals surface area contributed by atoms with E-state index in [4.69, 9.17) is 5.11 Å². The summed E-state index contributed by atoms with van der Waals surface area (Å²) in [4.78, 5) is 9.56. The van der Waals surface area contributed by atoms with E-state index in [-0.39, 0.29) is 6.42 Å². The molecule has 2 nitrogen and oxygen atoms in total. The Bertz CT molecular complexity index is 49.5. The highest BCUT2D eigenvalue weighted by atomic mass is 16.4. The summed E-state index contributed by atoms with van der Waals surface area (Å²) in [6.07, 6.45) is 0.662. The van der Waals surface area contributed by atoms with Crippen LogP contribution in [0.2, 0.25) is 0 Å². The van der Waals surface area contributed by atoms with Gasteiger partial charge in [-0.25, -0.2) is 0 Å². The highest BCUT2D eigenvalue weighted by molar-refractivity contribution is 5.66. The minimum absolute atomic E-state index is 0.181. The lowest BCUT2D eigenvalue weighted by atomic mass is 10.4. The Morgan fingerprint density at radius 3 is 2.33 bits per heavy atom.